The Morgan fingerprint density at radius 3 is 2.62 bits per heavy atom. The summed E-state index contributed by atoms with van der Waals surface area (Å²) in [6.45, 7) is 4.87. The third-order valence-corrected chi connectivity index (χ3v) is 6.72. The first-order valence-corrected chi connectivity index (χ1v) is 11.8. The van der Waals surface area contributed by atoms with Gasteiger partial charge in [-0.25, -0.2) is 0 Å². The molecule has 0 spiro atoms. The Labute approximate surface area is 195 Å². The van der Waals surface area contributed by atoms with E-state index in [4.69, 9.17) is 16.3 Å². The molecule has 170 valence electrons. The van der Waals surface area contributed by atoms with Crippen molar-refractivity contribution in [2.45, 2.75) is 32.4 Å². The van der Waals surface area contributed by atoms with E-state index in [0.29, 0.717) is 13.2 Å². The molecule has 1 saturated heterocycles. The highest BCUT2D eigenvalue weighted by Gasteiger charge is 2.25. The van der Waals surface area contributed by atoms with Crippen molar-refractivity contribution < 1.29 is 9.53 Å². The lowest BCUT2D eigenvalue weighted by Gasteiger charge is -2.31. The predicted octanol–water partition coefficient (Wildman–Crippen LogP) is 4.71. The fourth-order valence-electron chi connectivity index (χ4n) is 4.54. The van der Waals surface area contributed by atoms with Gasteiger partial charge in [-0.15, -0.1) is 0 Å². The minimum atomic E-state index is 0.114. The topological polar surface area (TPSA) is 46.5 Å². The summed E-state index contributed by atoms with van der Waals surface area (Å²) in [6.07, 6.45) is 2.67. The van der Waals surface area contributed by atoms with E-state index >= 15 is 0 Å². The molecule has 1 amide bonds. The molecule has 6 heteroatoms. The summed E-state index contributed by atoms with van der Waals surface area (Å²) in [5, 5.41) is 5.11. The van der Waals surface area contributed by atoms with Crippen molar-refractivity contribution in [2.24, 2.45) is 5.92 Å². The highest BCUT2D eigenvalue weighted by molar-refractivity contribution is 6.31. The third-order valence-electron chi connectivity index (χ3n) is 6.35. The van der Waals surface area contributed by atoms with Crippen molar-refractivity contribution >= 4 is 28.4 Å². The molecular formula is C26H32ClN3O2. The molecular weight excluding hydrogens is 422 g/mol. The SMILES string of the molecule is COCCCNC(=O)C1CCN(Cc2cc3ccccc3n2Cc2ccccc2Cl)CC1. The largest absolute Gasteiger partial charge is 0.385 e. The molecule has 0 bridgehead atoms. The van der Waals surface area contributed by atoms with Crippen LogP contribution in [0.1, 0.15) is 30.5 Å². The molecule has 0 atom stereocenters. The van der Waals surface area contributed by atoms with Gasteiger partial charge in [0.2, 0.25) is 5.91 Å². The average molecular weight is 454 g/mol. The maximum Gasteiger partial charge on any atom is 0.223 e. The fraction of sp³-hybridized carbons (Fsp3) is 0.423. The smallest absolute Gasteiger partial charge is 0.223 e. The number of benzene rings is 2. The molecule has 2 aromatic carbocycles. The van der Waals surface area contributed by atoms with Crippen LogP contribution < -0.4 is 5.32 Å². The Hall–Kier alpha value is -2.34. The van der Waals surface area contributed by atoms with E-state index in [9.17, 15) is 4.79 Å². The van der Waals surface area contributed by atoms with Crippen LogP contribution in [-0.2, 0) is 22.6 Å². The van der Waals surface area contributed by atoms with Gasteiger partial charge < -0.3 is 14.6 Å². The van der Waals surface area contributed by atoms with Crippen LogP contribution in [0.5, 0.6) is 0 Å². The van der Waals surface area contributed by atoms with Crippen molar-refractivity contribution in [1.82, 2.24) is 14.8 Å². The lowest BCUT2D eigenvalue weighted by atomic mass is 9.96. The molecule has 1 N–H and O–H groups in total. The van der Waals surface area contributed by atoms with Crippen molar-refractivity contribution in [1.29, 1.82) is 0 Å². The summed E-state index contributed by atoms with van der Waals surface area (Å²) >= 11 is 6.47. The Balaban J connectivity index is 1.42. The maximum absolute atomic E-state index is 12.4. The quantitative estimate of drug-likeness (QED) is 0.477. The van der Waals surface area contributed by atoms with Crippen LogP contribution in [0, 0.1) is 5.92 Å². The van der Waals surface area contributed by atoms with Gasteiger partial charge in [-0.2, -0.15) is 0 Å². The number of nitrogens with one attached hydrogen (secondary N) is 1. The fourth-order valence-corrected chi connectivity index (χ4v) is 4.73. The number of carbonyl (C=O) groups excluding carboxylic acids is 1. The first-order valence-electron chi connectivity index (χ1n) is 11.5. The van der Waals surface area contributed by atoms with Gasteiger partial charge in [0.15, 0.2) is 0 Å². The summed E-state index contributed by atoms with van der Waals surface area (Å²) in [5.74, 6) is 0.302. The number of piperidine rings is 1. The van der Waals surface area contributed by atoms with E-state index < -0.39 is 0 Å². The summed E-state index contributed by atoms with van der Waals surface area (Å²) in [6, 6.07) is 18.9. The Bertz CT molecular complexity index is 1040. The Morgan fingerprint density at radius 1 is 1.09 bits per heavy atom. The van der Waals surface area contributed by atoms with Gasteiger partial charge in [0, 0.05) is 55.5 Å². The van der Waals surface area contributed by atoms with Gasteiger partial charge >= 0.3 is 0 Å². The number of rotatable bonds is 9. The van der Waals surface area contributed by atoms with Gasteiger partial charge in [0.1, 0.15) is 0 Å². The van der Waals surface area contributed by atoms with E-state index in [1.807, 2.05) is 18.2 Å². The number of methoxy groups -OCH3 is 1. The lowest BCUT2D eigenvalue weighted by molar-refractivity contribution is -0.126. The van der Waals surface area contributed by atoms with Crippen LogP contribution in [0.25, 0.3) is 10.9 Å². The molecule has 1 fully saturated rings. The Kier molecular flexibility index (Phi) is 7.85. The van der Waals surface area contributed by atoms with Gasteiger partial charge in [-0.05, 0) is 61.5 Å². The van der Waals surface area contributed by atoms with Crippen molar-refractivity contribution in [3.8, 4) is 0 Å². The number of likely N-dealkylation sites (tertiary alicyclic amines) is 1. The van der Waals surface area contributed by atoms with E-state index in [1.54, 1.807) is 7.11 Å². The molecule has 4 rings (SSSR count). The van der Waals surface area contributed by atoms with E-state index in [2.05, 4.69) is 51.2 Å². The van der Waals surface area contributed by atoms with Crippen molar-refractivity contribution in [3.63, 3.8) is 0 Å². The maximum atomic E-state index is 12.4. The average Bonchev–Trinajstić information content (AvgIpc) is 3.15. The molecule has 0 saturated carbocycles. The van der Waals surface area contributed by atoms with Crippen LogP contribution in [-0.4, -0.2) is 48.7 Å². The predicted molar refractivity (Wildman–Crippen MR) is 130 cm³/mol. The van der Waals surface area contributed by atoms with Crippen LogP contribution in [0.4, 0.5) is 0 Å². The van der Waals surface area contributed by atoms with E-state index in [-0.39, 0.29) is 11.8 Å². The molecule has 3 aromatic rings. The molecule has 1 aromatic heterocycles. The van der Waals surface area contributed by atoms with Gasteiger partial charge in [0.25, 0.3) is 0 Å². The minimum Gasteiger partial charge on any atom is -0.385 e. The Morgan fingerprint density at radius 2 is 1.84 bits per heavy atom. The number of hydrogen-bond donors (Lipinski definition) is 1. The highest BCUT2D eigenvalue weighted by Crippen LogP contribution is 2.26. The summed E-state index contributed by atoms with van der Waals surface area (Å²) in [4.78, 5) is 14.9. The van der Waals surface area contributed by atoms with Crippen LogP contribution in [0.2, 0.25) is 5.02 Å². The number of carbonyl (C=O) groups is 1. The molecule has 1 aliphatic heterocycles. The molecule has 1 aliphatic rings. The summed E-state index contributed by atoms with van der Waals surface area (Å²) < 4.78 is 7.43. The number of aromatic nitrogens is 1. The third kappa shape index (κ3) is 5.52. The number of nitrogens with zero attached hydrogens (tertiary/aromatic N) is 2. The van der Waals surface area contributed by atoms with E-state index in [0.717, 1.165) is 56.0 Å². The second-order valence-electron chi connectivity index (χ2n) is 8.56. The zero-order valence-corrected chi connectivity index (χ0v) is 19.5. The number of para-hydroxylation sites is 1. The number of hydrogen-bond acceptors (Lipinski definition) is 3. The summed E-state index contributed by atoms with van der Waals surface area (Å²) in [7, 11) is 1.69. The monoisotopic (exact) mass is 453 g/mol. The first-order chi connectivity index (χ1) is 15.7. The standard InChI is InChI=1S/C26H32ClN3O2/c1-32-16-6-13-28-26(31)20-11-14-29(15-12-20)19-23-17-21-7-3-5-10-25(21)30(23)18-22-8-2-4-9-24(22)27/h2-5,7-10,17,20H,6,11-16,18-19H2,1H3,(H,28,31). The number of halogens is 1. The highest BCUT2D eigenvalue weighted by atomic mass is 35.5. The van der Waals surface area contributed by atoms with Crippen molar-refractivity contribution in [3.05, 3.63) is 70.9 Å². The zero-order chi connectivity index (χ0) is 22.3. The van der Waals surface area contributed by atoms with Gasteiger partial charge in [0.05, 0.1) is 0 Å². The molecule has 5 nitrogen and oxygen atoms in total. The van der Waals surface area contributed by atoms with Gasteiger partial charge in [-0.3, -0.25) is 9.69 Å². The normalized spacial score (nSPS) is 15.3. The van der Waals surface area contributed by atoms with Gasteiger partial charge in [-0.1, -0.05) is 48.0 Å². The van der Waals surface area contributed by atoms with Crippen molar-refractivity contribution in [2.75, 3.05) is 33.4 Å². The molecule has 2 heterocycles. The second kappa shape index (κ2) is 11.0. The lowest BCUT2D eigenvalue weighted by Crippen LogP contribution is -2.40. The number of ether oxygens (including phenoxy) is 1. The van der Waals surface area contributed by atoms with Crippen LogP contribution in [0.15, 0.2) is 54.6 Å². The molecule has 32 heavy (non-hydrogen) atoms. The van der Waals surface area contributed by atoms with E-state index in [1.165, 1.54) is 16.6 Å². The van der Waals surface area contributed by atoms with Crippen LogP contribution in [0.3, 0.4) is 0 Å². The molecule has 0 radical (unpaired) electrons. The first kappa shape index (κ1) is 22.8. The number of fused-ring (bicyclic) bond motifs is 1. The second-order valence-corrected chi connectivity index (χ2v) is 8.97. The summed E-state index contributed by atoms with van der Waals surface area (Å²) in [5.41, 5.74) is 3.64. The number of amides is 1. The van der Waals surface area contributed by atoms with Crippen LogP contribution >= 0.6 is 11.6 Å². The molecule has 0 unspecified atom stereocenters. The zero-order valence-electron chi connectivity index (χ0n) is 18.7. The minimum absolute atomic E-state index is 0.114. The molecule has 0 aliphatic carbocycles.